The van der Waals surface area contributed by atoms with E-state index < -0.39 is 22.0 Å². The summed E-state index contributed by atoms with van der Waals surface area (Å²) in [5.41, 5.74) is 1.73. The van der Waals surface area contributed by atoms with Gasteiger partial charge in [-0.05, 0) is 19.1 Å². The molecule has 2 aromatic heterocycles. The van der Waals surface area contributed by atoms with Crippen LogP contribution in [0.4, 0.5) is 20.3 Å². The van der Waals surface area contributed by atoms with Gasteiger partial charge in [-0.25, -0.2) is 23.0 Å². The van der Waals surface area contributed by atoms with Gasteiger partial charge in [-0.3, -0.25) is 4.57 Å². The van der Waals surface area contributed by atoms with Crippen molar-refractivity contribution in [3.63, 3.8) is 0 Å². The van der Waals surface area contributed by atoms with E-state index in [0.29, 0.717) is 30.8 Å². The Balaban J connectivity index is 1.97. The highest BCUT2D eigenvalue weighted by atomic mass is 32.2. The number of aromatic nitrogens is 3. The molecule has 0 radical (unpaired) electrons. The summed E-state index contributed by atoms with van der Waals surface area (Å²) in [6.45, 7) is 3.78. The fourth-order valence-electron chi connectivity index (χ4n) is 3.58. The van der Waals surface area contributed by atoms with E-state index in [4.69, 9.17) is 4.74 Å². The summed E-state index contributed by atoms with van der Waals surface area (Å²) in [6.07, 6.45) is 0.234. The van der Waals surface area contributed by atoms with Crippen LogP contribution in [0, 0.1) is 0 Å². The van der Waals surface area contributed by atoms with Crippen molar-refractivity contribution in [3.05, 3.63) is 42.2 Å². The summed E-state index contributed by atoms with van der Waals surface area (Å²) < 4.78 is 51.1. The molecule has 7 nitrogen and oxygen atoms in total. The Morgan fingerprint density at radius 3 is 2.70 bits per heavy atom. The molecule has 1 atom stereocenters. The highest BCUT2D eigenvalue weighted by molar-refractivity contribution is 7.92. The van der Waals surface area contributed by atoms with Crippen LogP contribution in [0.3, 0.4) is 0 Å². The van der Waals surface area contributed by atoms with Gasteiger partial charge in [0.15, 0.2) is 11.6 Å². The Morgan fingerprint density at radius 1 is 1.23 bits per heavy atom. The number of imidazole rings is 1. The topological polar surface area (TPSA) is 72.6 Å². The molecule has 0 N–H and O–H groups in total. The highest BCUT2D eigenvalue weighted by Gasteiger charge is 2.24. The molecule has 1 aliphatic rings. The second-order valence-corrected chi connectivity index (χ2v) is 10.1. The van der Waals surface area contributed by atoms with Crippen molar-refractivity contribution in [3.8, 4) is 5.82 Å². The molecule has 0 spiro atoms. The summed E-state index contributed by atoms with van der Waals surface area (Å²) in [5.74, 6) is 0.0994. The van der Waals surface area contributed by atoms with E-state index in [-0.39, 0.29) is 17.7 Å². The number of fused-ring (bicyclic) bond motifs is 1. The van der Waals surface area contributed by atoms with E-state index in [0.717, 1.165) is 5.69 Å². The lowest BCUT2D eigenvalue weighted by molar-refractivity contribution is 0.0989. The molecule has 0 bridgehead atoms. The van der Waals surface area contributed by atoms with Gasteiger partial charge in [-0.1, -0.05) is 12.1 Å². The third-order valence-corrected chi connectivity index (χ3v) is 5.43. The van der Waals surface area contributed by atoms with Gasteiger partial charge in [0.05, 0.1) is 24.2 Å². The smallest absolute Gasteiger partial charge is 0.296 e. The monoisotopic (exact) mass is 435 g/mol. The van der Waals surface area contributed by atoms with Crippen molar-refractivity contribution in [1.82, 2.24) is 14.5 Å². The van der Waals surface area contributed by atoms with Gasteiger partial charge >= 0.3 is 0 Å². The zero-order chi connectivity index (χ0) is 21.5. The van der Waals surface area contributed by atoms with Gasteiger partial charge in [0, 0.05) is 52.6 Å². The Bertz CT molecular complexity index is 1200. The number of hydrogen-bond donors (Lipinski definition) is 0. The summed E-state index contributed by atoms with van der Waals surface area (Å²) in [7, 11) is -2.50. The molecular weight excluding hydrogens is 412 g/mol. The zero-order valence-electron chi connectivity index (χ0n) is 17.0. The van der Waals surface area contributed by atoms with Crippen LogP contribution in [0.5, 0.6) is 0 Å². The number of anilines is 1. The van der Waals surface area contributed by atoms with Gasteiger partial charge < -0.3 is 9.64 Å². The zero-order valence-corrected chi connectivity index (χ0v) is 17.8. The molecular formula is C20H23F2N5O2S. The molecule has 3 heterocycles. The number of alkyl halides is 2. The molecule has 1 aliphatic heterocycles. The van der Waals surface area contributed by atoms with Crippen LogP contribution in [0.25, 0.3) is 16.9 Å². The first kappa shape index (κ1) is 20.7. The minimum Gasteiger partial charge on any atom is -0.377 e. The molecule has 30 heavy (non-hydrogen) atoms. The molecule has 1 fully saturated rings. The predicted octanol–water partition coefficient (Wildman–Crippen LogP) is 3.94. The van der Waals surface area contributed by atoms with E-state index in [2.05, 4.69) is 19.2 Å². The fraction of sp³-hybridized carbons (Fsp3) is 0.400. The summed E-state index contributed by atoms with van der Waals surface area (Å²) in [4.78, 5) is 10.7. The van der Waals surface area contributed by atoms with Crippen molar-refractivity contribution in [1.29, 1.82) is 0 Å². The van der Waals surface area contributed by atoms with Gasteiger partial charge in [0.25, 0.3) is 6.43 Å². The molecule has 160 valence electrons. The maximum atomic E-state index is 13.8. The molecule has 0 unspecified atom stereocenters. The third kappa shape index (κ3) is 4.15. The van der Waals surface area contributed by atoms with E-state index in [9.17, 15) is 13.0 Å². The van der Waals surface area contributed by atoms with Crippen molar-refractivity contribution in [2.45, 2.75) is 19.4 Å². The Labute approximate surface area is 173 Å². The number of nitrogens with zero attached hydrogens (tertiary/aromatic N) is 5. The average molecular weight is 436 g/mol. The number of ether oxygens (including phenoxy) is 1. The molecule has 1 aromatic carbocycles. The largest absolute Gasteiger partial charge is 0.377 e. The number of halogens is 2. The summed E-state index contributed by atoms with van der Waals surface area (Å²) in [6, 6.07) is 10.5. The maximum absolute atomic E-state index is 13.8. The third-order valence-electron chi connectivity index (χ3n) is 4.81. The van der Waals surface area contributed by atoms with Gasteiger partial charge in [-0.15, -0.1) is 0 Å². The van der Waals surface area contributed by atoms with Crippen molar-refractivity contribution in [2.75, 3.05) is 37.2 Å². The molecule has 1 saturated heterocycles. The minimum absolute atomic E-state index is 0.0866. The molecule has 0 saturated carbocycles. The van der Waals surface area contributed by atoms with Crippen LogP contribution in [-0.4, -0.2) is 57.1 Å². The molecule has 4 rings (SSSR count). The molecule has 3 aromatic rings. The number of hydrogen-bond acceptors (Lipinski definition) is 6. The number of para-hydroxylation sites is 2. The first-order chi connectivity index (χ1) is 14.2. The lowest BCUT2D eigenvalue weighted by Crippen LogP contribution is -2.43. The maximum Gasteiger partial charge on any atom is 0.296 e. The second-order valence-electron chi connectivity index (χ2n) is 7.53. The number of morpholine rings is 1. The second kappa shape index (κ2) is 7.92. The van der Waals surface area contributed by atoms with Crippen LogP contribution in [-0.2, 0) is 14.5 Å². The number of benzene rings is 1. The first-order valence-electron chi connectivity index (χ1n) is 9.52. The SMILES string of the molecule is C[C@@H]1COCCN1c1cc(N=S(C)(C)=O)nc(-n2c(C(F)F)nc3ccccc32)c1. The van der Waals surface area contributed by atoms with Crippen molar-refractivity contribution >= 4 is 32.3 Å². The van der Waals surface area contributed by atoms with E-state index in [1.54, 1.807) is 36.4 Å². The lowest BCUT2D eigenvalue weighted by atomic mass is 10.2. The Morgan fingerprint density at radius 2 is 2.00 bits per heavy atom. The normalized spacial score (nSPS) is 17.7. The Hall–Kier alpha value is -2.59. The quantitative estimate of drug-likeness (QED) is 0.621. The summed E-state index contributed by atoms with van der Waals surface area (Å²) >= 11 is 0. The van der Waals surface area contributed by atoms with Gasteiger partial charge in [0.1, 0.15) is 5.82 Å². The van der Waals surface area contributed by atoms with Crippen molar-refractivity contribution < 1.29 is 17.7 Å². The number of rotatable bonds is 4. The van der Waals surface area contributed by atoms with E-state index in [1.807, 2.05) is 6.92 Å². The fourth-order valence-corrected chi connectivity index (χ4v) is 4.13. The van der Waals surface area contributed by atoms with Crippen LogP contribution in [0.1, 0.15) is 19.2 Å². The standard InChI is InChI=1S/C20H23F2N5O2S/c1-13-12-29-9-8-26(13)14-10-17(25-30(2,3)28)24-18(11-14)27-16-7-5-4-6-15(16)23-20(27)19(21)22/h4-7,10-11,13,19H,8-9,12H2,1-3H3/t13-/m1/s1. The van der Waals surface area contributed by atoms with Gasteiger partial charge in [-0.2, -0.15) is 4.36 Å². The van der Waals surface area contributed by atoms with Crippen LogP contribution >= 0.6 is 0 Å². The average Bonchev–Trinajstić information content (AvgIpc) is 3.07. The van der Waals surface area contributed by atoms with E-state index in [1.165, 1.54) is 17.1 Å². The first-order valence-corrected chi connectivity index (χ1v) is 11.9. The van der Waals surface area contributed by atoms with Crippen molar-refractivity contribution in [2.24, 2.45) is 4.36 Å². The molecule has 10 heteroatoms. The minimum atomic E-state index is -2.79. The van der Waals surface area contributed by atoms with Crippen LogP contribution < -0.4 is 4.90 Å². The molecule has 0 amide bonds. The Kier molecular flexibility index (Phi) is 5.46. The number of pyridine rings is 1. The molecule has 0 aliphatic carbocycles. The van der Waals surface area contributed by atoms with Crippen LogP contribution in [0.15, 0.2) is 40.8 Å². The van der Waals surface area contributed by atoms with Gasteiger partial charge in [0.2, 0.25) is 0 Å². The lowest BCUT2D eigenvalue weighted by Gasteiger charge is -2.35. The summed E-state index contributed by atoms with van der Waals surface area (Å²) in [5, 5.41) is 0. The van der Waals surface area contributed by atoms with Crippen LogP contribution in [0.2, 0.25) is 0 Å². The predicted molar refractivity (Wildman–Crippen MR) is 114 cm³/mol. The highest BCUT2D eigenvalue weighted by Crippen LogP contribution is 2.32. The van der Waals surface area contributed by atoms with E-state index >= 15 is 0 Å².